The van der Waals surface area contributed by atoms with Crippen molar-refractivity contribution >= 4 is 25.0 Å². The summed E-state index contributed by atoms with van der Waals surface area (Å²) in [4.78, 5) is 35.3. The van der Waals surface area contributed by atoms with Crippen molar-refractivity contribution in [1.82, 2.24) is 5.32 Å². The van der Waals surface area contributed by atoms with Crippen LogP contribution in [0.2, 0.25) is 0 Å². The van der Waals surface area contributed by atoms with Crippen LogP contribution in [0.5, 0.6) is 5.75 Å². The highest BCUT2D eigenvalue weighted by molar-refractivity contribution is 6.47. The van der Waals surface area contributed by atoms with Crippen LogP contribution < -0.4 is 9.97 Å². The van der Waals surface area contributed by atoms with E-state index in [0.717, 1.165) is 0 Å². The molecular formula is C19H20BNO7. The maximum atomic E-state index is 12.3. The second kappa shape index (κ2) is 9.56. The zero-order valence-corrected chi connectivity index (χ0v) is 15.3. The minimum Gasteiger partial charge on any atom is -0.534 e. The van der Waals surface area contributed by atoms with Gasteiger partial charge in [0.15, 0.2) is 0 Å². The van der Waals surface area contributed by atoms with Gasteiger partial charge >= 0.3 is 19.1 Å². The molecule has 146 valence electrons. The van der Waals surface area contributed by atoms with Crippen LogP contribution in [0.3, 0.4) is 0 Å². The lowest BCUT2D eigenvalue weighted by molar-refractivity contribution is -0.147. The topological polar surface area (TPSA) is 111 Å². The number of rotatable bonds is 7. The fraction of sp³-hybridized carbons (Fsp3) is 0.211. The molecule has 0 saturated carbocycles. The molecule has 1 atom stereocenters. The first kappa shape index (κ1) is 21.0. The van der Waals surface area contributed by atoms with E-state index in [1.807, 2.05) is 0 Å². The molecule has 0 radical (unpaired) electrons. The van der Waals surface area contributed by atoms with Gasteiger partial charge in [0.05, 0.1) is 11.5 Å². The van der Waals surface area contributed by atoms with E-state index in [-0.39, 0.29) is 29.2 Å². The molecule has 1 aliphatic rings. The Bertz CT molecular complexity index is 834. The average Bonchev–Trinajstić information content (AvgIpc) is 2.65. The molecule has 0 saturated heterocycles. The fourth-order valence-corrected chi connectivity index (χ4v) is 2.61. The normalized spacial score (nSPS) is 15.6. The first-order valence-corrected chi connectivity index (χ1v) is 8.40. The van der Waals surface area contributed by atoms with Crippen LogP contribution in [0.25, 0.3) is 0 Å². The molecule has 28 heavy (non-hydrogen) atoms. The van der Waals surface area contributed by atoms with Crippen molar-refractivity contribution in [2.45, 2.75) is 19.3 Å². The highest BCUT2D eigenvalue weighted by Gasteiger charge is 2.37. The largest absolute Gasteiger partial charge is 0.547 e. The molecule has 8 nitrogen and oxygen atoms in total. The van der Waals surface area contributed by atoms with Gasteiger partial charge in [0.1, 0.15) is 11.3 Å². The lowest BCUT2D eigenvalue weighted by Gasteiger charge is -2.28. The zero-order chi connectivity index (χ0) is 20.7. The van der Waals surface area contributed by atoms with E-state index in [0.29, 0.717) is 5.56 Å². The minimum atomic E-state index is -1.32. The summed E-state index contributed by atoms with van der Waals surface area (Å²) in [6, 6.07) is 4.79. The third kappa shape index (κ3) is 5.11. The second-order valence-electron chi connectivity index (χ2n) is 5.86. The number of esters is 2. The molecule has 2 N–H and O–H groups in total. The predicted octanol–water partition coefficient (Wildman–Crippen LogP) is 1.10. The highest BCUT2D eigenvalue weighted by atomic mass is 16.7. The smallest absolute Gasteiger partial charge is 0.534 e. The van der Waals surface area contributed by atoms with Crippen LogP contribution in [0.15, 0.2) is 55.2 Å². The van der Waals surface area contributed by atoms with Crippen LogP contribution in [0, 0.1) is 0 Å². The molecule has 1 aromatic rings. The summed E-state index contributed by atoms with van der Waals surface area (Å²) in [5, 5.41) is 12.7. The summed E-state index contributed by atoms with van der Waals surface area (Å²) in [5.74, 6) is -2.29. The van der Waals surface area contributed by atoms with E-state index < -0.39 is 31.8 Å². The van der Waals surface area contributed by atoms with Gasteiger partial charge in [-0.3, -0.25) is 4.79 Å². The Morgan fingerprint density at radius 1 is 1.36 bits per heavy atom. The summed E-state index contributed by atoms with van der Waals surface area (Å²) >= 11 is 0. The van der Waals surface area contributed by atoms with Crippen molar-refractivity contribution in [3.05, 3.63) is 66.3 Å². The van der Waals surface area contributed by atoms with Crippen LogP contribution >= 0.6 is 0 Å². The number of para-hydroxylation sites is 1. The van der Waals surface area contributed by atoms with Crippen molar-refractivity contribution in [2.75, 3.05) is 6.79 Å². The van der Waals surface area contributed by atoms with Gasteiger partial charge in [-0.2, -0.15) is 0 Å². The molecule has 9 heteroatoms. The Balaban J connectivity index is 2.05. The standard InChI is InChI=1S/C19H20BNO7/c1-4-7-13(5-2)18(23)26-11-27-19(24)15-9-6-8-14-10-16(21-12(3)22)20(25)28-17(14)15/h4-9,16,25H,1-2,10-11H2,3H3,(H,21,22)/b13-7+. The van der Waals surface area contributed by atoms with E-state index in [9.17, 15) is 19.4 Å². The quantitative estimate of drug-likeness (QED) is 0.238. The molecule has 0 aromatic heterocycles. The number of carbonyl (C=O) groups is 3. The summed E-state index contributed by atoms with van der Waals surface area (Å²) < 4.78 is 15.2. The van der Waals surface area contributed by atoms with Gasteiger partial charge in [0, 0.05) is 6.92 Å². The number of nitrogens with one attached hydrogen (secondary N) is 1. The number of amides is 1. The van der Waals surface area contributed by atoms with Crippen molar-refractivity contribution < 1.29 is 33.5 Å². The third-order valence-electron chi connectivity index (χ3n) is 3.86. The van der Waals surface area contributed by atoms with E-state index in [4.69, 9.17) is 14.1 Å². The Kier molecular flexibility index (Phi) is 7.17. The molecule has 1 amide bonds. The van der Waals surface area contributed by atoms with Crippen molar-refractivity contribution in [3.8, 4) is 5.75 Å². The molecular weight excluding hydrogens is 365 g/mol. The molecule has 0 spiro atoms. The van der Waals surface area contributed by atoms with Crippen LogP contribution in [-0.2, 0) is 25.5 Å². The summed E-state index contributed by atoms with van der Waals surface area (Å²) in [7, 11) is -1.32. The highest BCUT2D eigenvalue weighted by Crippen LogP contribution is 2.30. The Morgan fingerprint density at radius 2 is 2.11 bits per heavy atom. The predicted molar refractivity (Wildman–Crippen MR) is 101 cm³/mol. The van der Waals surface area contributed by atoms with Gasteiger partial charge < -0.3 is 24.5 Å². The fourth-order valence-electron chi connectivity index (χ4n) is 2.61. The summed E-state index contributed by atoms with van der Waals surface area (Å²) in [6.45, 7) is 7.67. The number of carbonyl (C=O) groups excluding carboxylic acids is 3. The summed E-state index contributed by atoms with van der Waals surface area (Å²) in [5.41, 5.74) is 0.858. The lowest BCUT2D eigenvalue weighted by Crippen LogP contribution is -2.52. The lowest BCUT2D eigenvalue weighted by atomic mass is 9.72. The number of hydrogen-bond acceptors (Lipinski definition) is 7. The van der Waals surface area contributed by atoms with Crippen molar-refractivity contribution in [2.24, 2.45) is 0 Å². The van der Waals surface area contributed by atoms with Crippen LogP contribution in [0.4, 0.5) is 0 Å². The zero-order valence-electron chi connectivity index (χ0n) is 15.3. The molecule has 0 aliphatic carbocycles. The van der Waals surface area contributed by atoms with Crippen molar-refractivity contribution in [3.63, 3.8) is 0 Å². The number of benzene rings is 1. The maximum absolute atomic E-state index is 12.3. The van der Waals surface area contributed by atoms with E-state index in [1.165, 1.54) is 31.2 Å². The van der Waals surface area contributed by atoms with Gasteiger partial charge in [-0.25, -0.2) is 9.59 Å². The van der Waals surface area contributed by atoms with Gasteiger partial charge in [-0.05, 0) is 24.1 Å². The molecule has 1 unspecified atom stereocenters. The number of allylic oxidation sites excluding steroid dienone is 2. The second-order valence-corrected chi connectivity index (χ2v) is 5.86. The SMILES string of the molecule is C=C/C=C(\C=C)C(=O)OCOC(=O)c1cccc2c1OB(O)C(NC(C)=O)C2. The number of hydrogen-bond donors (Lipinski definition) is 2. The third-order valence-corrected chi connectivity index (χ3v) is 3.86. The first-order chi connectivity index (χ1) is 13.4. The first-order valence-electron chi connectivity index (χ1n) is 8.40. The molecule has 1 aliphatic heterocycles. The van der Waals surface area contributed by atoms with Crippen molar-refractivity contribution in [1.29, 1.82) is 0 Å². The van der Waals surface area contributed by atoms with Gasteiger partial charge in [0.25, 0.3) is 0 Å². The van der Waals surface area contributed by atoms with Gasteiger partial charge in [0.2, 0.25) is 12.7 Å². The number of ether oxygens (including phenoxy) is 2. The van der Waals surface area contributed by atoms with Crippen LogP contribution in [0.1, 0.15) is 22.8 Å². The molecule has 0 bridgehead atoms. The van der Waals surface area contributed by atoms with E-state index >= 15 is 0 Å². The molecule has 1 heterocycles. The Hall–Kier alpha value is -3.33. The van der Waals surface area contributed by atoms with E-state index in [1.54, 1.807) is 12.1 Å². The molecule has 2 rings (SSSR count). The molecule has 1 aromatic carbocycles. The Labute approximate surface area is 162 Å². The maximum Gasteiger partial charge on any atom is 0.547 e. The van der Waals surface area contributed by atoms with Gasteiger partial charge in [-0.15, -0.1) is 0 Å². The minimum absolute atomic E-state index is 0.0689. The number of fused-ring (bicyclic) bond motifs is 1. The molecule has 0 fully saturated rings. The Morgan fingerprint density at radius 3 is 2.75 bits per heavy atom. The summed E-state index contributed by atoms with van der Waals surface area (Å²) in [6.07, 6.45) is 4.38. The monoisotopic (exact) mass is 385 g/mol. The van der Waals surface area contributed by atoms with Crippen LogP contribution in [-0.4, -0.2) is 42.7 Å². The van der Waals surface area contributed by atoms with Gasteiger partial charge in [-0.1, -0.05) is 37.4 Å². The van der Waals surface area contributed by atoms with E-state index in [2.05, 4.69) is 18.5 Å². The average molecular weight is 385 g/mol.